The normalized spacial score (nSPS) is 11.8. The van der Waals surface area contributed by atoms with E-state index in [1.54, 1.807) is 11.8 Å². The molecule has 0 heterocycles. The fraction of sp³-hybridized carbons (Fsp3) is 0.538. The van der Waals surface area contributed by atoms with Gasteiger partial charge in [0.05, 0.1) is 0 Å². The third kappa shape index (κ3) is 8.53. The summed E-state index contributed by atoms with van der Waals surface area (Å²) in [5, 5.41) is 0. The molecular formula is C13H16BrF2Na2O3PS. The van der Waals surface area contributed by atoms with Crippen molar-refractivity contribution in [2.24, 2.45) is 5.92 Å². The molecule has 0 aliphatic heterocycles. The van der Waals surface area contributed by atoms with Gasteiger partial charge in [0, 0.05) is 23.4 Å². The number of alkyl halides is 2. The van der Waals surface area contributed by atoms with Gasteiger partial charge in [-0.15, -0.1) is 0 Å². The second-order valence-electron chi connectivity index (χ2n) is 5.09. The van der Waals surface area contributed by atoms with Gasteiger partial charge in [-0.25, -0.2) is 0 Å². The monoisotopic (exact) mass is 446 g/mol. The van der Waals surface area contributed by atoms with Crippen LogP contribution in [0.25, 0.3) is 0 Å². The van der Waals surface area contributed by atoms with Crippen molar-refractivity contribution in [2.75, 3.05) is 5.75 Å². The van der Waals surface area contributed by atoms with Crippen molar-refractivity contribution < 1.29 is 82.2 Å². The first-order valence-corrected chi connectivity index (χ1v) is 9.81. The molecule has 0 amide bonds. The zero-order chi connectivity index (χ0) is 16.3. The molecule has 0 fully saturated rings. The first-order chi connectivity index (χ1) is 9.55. The summed E-state index contributed by atoms with van der Waals surface area (Å²) in [6.07, 6.45) is 1.07. The number of benzene rings is 1. The molecular weight excluding hydrogens is 431 g/mol. The Hall–Kier alpha value is 2.06. The molecule has 1 aromatic carbocycles. The summed E-state index contributed by atoms with van der Waals surface area (Å²) < 4.78 is 37.6. The number of halogens is 3. The van der Waals surface area contributed by atoms with Crippen molar-refractivity contribution in [3.05, 3.63) is 33.8 Å². The third-order valence-electron chi connectivity index (χ3n) is 2.81. The molecule has 0 unspecified atom stereocenters. The summed E-state index contributed by atoms with van der Waals surface area (Å²) in [4.78, 5) is 21.3. The SMILES string of the molecule is CC(C)CCSCc1ccc(C(F)(F)P(=O)([O-])[O-])c(Br)c1.[Na+].[Na+]. The first-order valence-electron chi connectivity index (χ1n) is 6.32. The zero-order valence-corrected chi connectivity index (χ0v) is 20.9. The fourth-order valence-corrected chi connectivity index (χ4v) is 4.07. The predicted octanol–water partition coefficient (Wildman–Crippen LogP) is -2.30. The molecule has 0 saturated carbocycles. The van der Waals surface area contributed by atoms with Crippen LogP contribution in [-0.2, 0) is 16.0 Å². The van der Waals surface area contributed by atoms with Crippen LogP contribution in [0.5, 0.6) is 0 Å². The van der Waals surface area contributed by atoms with Crippen LogP contribution in [0.3, 0.4) is 0 Å². The summed E-state index contributed by atoms with van der Waals surface area (Å²) >= 11 is 4.60. The van der Waals surface area contributed by atoms with E-state index in [2.05, 4.69) is 29.8 Å². The van der Waals surface area contributed by atoms with Crippen LogP contribution in [0.1, 0.15) is 31.4 Å². The van der Waals surface area contributed by atoms with E-state index in [0.29, 0.717) is 11.7 Å². The van der Waals surface area contributed by atoms with E-state index >= 15 is 0 Å². The second kappa shape index (κ2) is 11.7. The smallest absolute Gasteiger partial charge is 0.806 e. The van der Waals surface area contributed by atoms with E-state index in [9.17, 15) is 23.1 Å². The van der Waals surface area contributed by atoms with Crippen LogP contribution in [0.2, 0.25) is 0 Å². The van der Waals surface area contributed by atoms with Crippen molar-refractivity contribution in [3.63, 3.8) is 0 Å². The second-order valence-corrected chi connectivity index (χ2v) is 8.60. The average Bonchev–Trinajstić information content (AvgIpc) is 2.32. The molecule has 0 N–H and O–H groups in total. The van der Waals surface area contributed by atoms with Gasteiger partial charge in [-0.2, -0.15) is 20.5 Å². The van der Waals surface area contributed by atoms with Crippen molar-refractivity contribution in [2.45, 2.75) is 31.7 Å². The number of hydrogen-bond acceptors (Lipinski definition) is 4. The maximum Gasteiger partial charge on any atom is 1.00 e. The Morgan fingerprint density at radius 1 is 1.30 bits per heavy atom. The Balaban J connectivity index is 0. The van der Waals surface area contributed by atoms with Crippen molar-refractivity contribution in [3.8, 4) is 0 Å². The fourth-order valence-electron chi connectivity index (χ4n) is 1.55. The van der Waals surface area contributed by atoms with E-state index < -0.39 is 18.8 Å². The third-order valence-corrected chi connectivity index (χ3v) is 5.46. The standard InChI is InChI=1S/C13H18BrF2O3PS.2Na/c1-9(2)5-6-21-8-10-3-4-11(12(14)7-10)13(15,16)20(17,18)19;;/h3-4,7,9H,5-6,8H2,1-2H3,(H2,17,18,19);;/q;2*+1/p-2. The van der Waals surface area contributed by atoms with Crippen LogP contribution >= 0.6 is 35.3 Å². The summed E-state index contributed by atoms with van der Waals surface area (Å²) in [7, 11) is -6.04. The van der Waals surface area contributed by atoms with E-state index in [0.717, 1.165) is 23.8 Å². The summed E-state index contributed by atoms with van der Waals surface area (Å²) in [6, 6.07) is 3.85. The van der Waals surface area contributed by atoms with Gasteiger partial charge < -0.3 is 14.4 Å². The van der Waals surface area contributed by atoms with Gasteiger partial charge in [-0.1, -0.05) is 41.9 Å². The number of rotatable bonds is 7. The molecule has 0 aliphatic rings. The minimum absolute atomic E-state index is 0. The van der Waals surface area contributed by atoms with Crippen LogP contribution < -0.4 is 68.9 Å². The molecule has 120 valence electrons. The Kier molecular flexibility index (Phi) is 13.9. The first kappa shape index (κ1) is 27.3. The Labute approximate surface area is 192 Å². The van der Waals surface area contributed by atoms with Crippen LogP contribution in [0.4, 0.5) is 8.78 Å². The molecule has 0 saturated heterocycles. The number of thioether (sulfide) groups is 1. The van der Waals surface area contributed by atoms with Gasteiger partial charge in [0.1, 0.15) is 0 Å². The van der Waals surface area contributed by atoms with Gasteiger partial charge in [0.15, 0.2) is 0 Å². The molecule has 0 spiro atoms. The van der Waals surface area contributed by atoms with Gasteiger partial charge >= 0.3 is 59.1 Å². The molecule has 0 radical (unpaired) electrons. The van der Waals surface area contributed by atoms with Crippen LogP contribution in [0, 0.1) is 5.92 Å². The average molecular weight is 447 g/mol. The van der Waals surface area contributed by atoms with E-state index in [4.69, 9.17) is 0 Å². The topological polar surface area (TPSA) is 63.2 Å². The Morgan fingerprint density at radius 3 is 2.30 bits per heavy atom. The van der Waals surface area contributed by atoms with E-state index in [-0.39, 0.29) is 63.6 Å². The van der Waals surface area contributed by atoms with Crippen LogP contribution in [-0.4, -0.2) is 5.75 Å². The molecule has 0 aliphatic carbocycles. The molecule has 3 nitrogen and oxygen atoms in total. The van der Waals surface area contributed by atoms with Crippen molar-refractivity contribution in [1.29, 1.82) is 0 Å². The molecule has 0 bridgehead atoms. The van der Waals surface area contributed by atoms with E-state index in [1.165, 1.54) is 12.1 Å². The molecule has 1 rings (SSSR count). The van der Waals surface area contributed by atoms with Gasteiger partial charge in [0.2, 0.25) is 0 Å². The van der Waals surface area contributed by atoms with Gasteiger partial charge in [-0.3, -0.25) is 0 Å². The number of hydrogen-bond donors (Lipinski definition) is 0. The molecule has 0 atom stereocenters. The quantitative estimate of drug-likeness (QED) is 0.268. The van der Waals surface area contributed by atoms with Crippen molar-refractivity contribution in [1.82, 2.24) is 0 Å². The van der Waals surface area contributed by atoms with Crippen LogP contribution in [0.15, 0.2) is 22.7 Å². The molecule has 10 heteroatoms. The van der Waals surface area contributed by atoms with E-state index in [1.807, 2.05) is 0 Å². The molecule has 23 heavy (non-hydrogen) atoms. The van der Waals surface area contributed by atoms with Crippen molar-refractivity contribution >= 4 is 35.3 Å². The maximum atomic E-state index is 13.5. The minimum Gasteiger partial charge on any atom is -0.806 e. The predicted molar refractivity (Wildman–Crippen MR) is 81.3 cm³/mol. The summed E-state index contributed by atoms with van der Waals surface area (Å²) in [5.74, 6) is 2.21. The van der Waals surface area contributed by atoms with Gasteiger partial charge in [-0.05, 0) is 29.7 Å². The Morgan fingerprint density at radius 2 is 1.87 bits per heavy atom. The summed E-state index contributed by atoms with van der Waals surface area (Å²) in [6.45, 7) is 4.25. The van der Waals surface area contributed by atoms with Gasteiger partial charge in [0.25, 0.3) is 5.66 Å². The molecule has 0 aromatic heterocycles. The molecule has 1 aromatic rings. The largest absolute Gasteiger partial charge is 1.00 e. The zero-order valence-electron chi connectivity index (χ0n) is 13.6. The summed E-state index contributed by atoms with van der Waals surface area (Å²) in [5.41, 5.74) is -4.43. The maximum absolute atomic E-state index is 13.5. The minimum atomic E-state index is -6.04. The Bertz CT molecular complexity index is 544.